The van der Waals surface area contributed by atoms with Crippen molar-refractivity contribution >= 4 is 265 Å². The third-order valence-electron chi connectivity index (χ3n) is 10.2. The van der Waals surface area contributed by atoms with E-state index in [9.17, 15) is 4.57 Å². The molecule has 0 aliphatic heterocycles. The van der Waals surface area contributed by atoms with Crippen LogP contribution in [0.5, 0.6) is 0 Å². The highest BCUT2D eigenvalue weighted by Crippen LogP contribution is 3.18. The van der Waals surface area contributed by atoms with Gasteiger partial charge in [0.15, 0.2) is 26.5 Å². The fraction of sp³-hybridized carbons (Fsp3) is 0.750. The van der Waals surface area contributed by atoms with E-state index in [1.165, 1.54) is 0 Å². The Labute approximate surface area is 401 Å². The second kappa shape index (κ2) is 28.9. The smallest absolute Gasteiger partial charge is 0.353 e. The van der Waals surface area contributed by atoms with Crippen molar-refractivity contribution < 1.29 is 22.9 Å². The van der Waals surface area contributed by atoms with Crippen LogP contribution in [0.2, 0.25) is 0 Å². The van der Waals surface area contributed by atoms with Crippen molar-refractivity contribution in [3.05, 3.63) is 23.2 Å². The predicted octanol–water partition coefficient (Wildman–Crippen LogP) is 21.9. The van der Waals surface area contributed by atoms with Crippen LogP contribution < -0.4 is 0 Å². The molecule has 37 heteroatoms. The normalized spacial score (nSPS) is 30.9. The molecular formula is C20H61O5P32+. The molecule has 0 heterocycles. The van der Waals surface area contributed by atoms with Crippen LogP contribution in [0.4, 0.5) is 0 Å². The van der Waals surface area contributed by atoms with E-state index >= 15 is 4.79 Å². The Hall–Kier alpha value is 12.1. The Bertz CT molecular complexity index is 1440. The zero-order chi connectivity index (χ0) is 43.8. The molecule has 3 aliphatic carbocycles. The summed E-state index contributed by atoms with van der Waals surface area (Å²) in [6, 6.07) is 0. The van der Waals surface area contributed by atoms with Crippen LogP contribution in [-0.2, 0) is 22.9 Å². The summed E-state index contributed by atoms with van der Waals surface area (Å²) in [6.07, 6.45) is 3.80. The number of allylic oxidation sites excluding steroid dienone is 3. The van der Waals surface area contributed by atoms with Gasteiger partial charge in [0.25, 0.3) is 0 Å². The molecule has 1 fully saturated rings. The van der Waals surface area contributed by atoms with Crippen molar-refractivity contribution in [2.24, 2.45) is 34.5 Å². The zero-order valence-electron chi connectivity index (χ0n) is 32.1. The number of Topliss-reactive ketones (excluding diaryl/α,β-unsaturated/α-hetero) is 1. The molecule has 3 aliphatic rings. The number of rotatable bonds is 18. The number of carbonyl (C=O) groups excluding carboxylic acids is 1. The number of hydrogen-bond acceptors (Lipinski definition) is 5. The summed E-state index contributed by atoms with van der Waals surface area (Å²) >= 11 is 0. The molecule has 0 radical (unpaired) electrons. The molecule has 0 N–H and O–H groups in total. The molecule has 30 atom stereocenters. The number of carbonyl (C=O) groups is 1. The van der Waals surface area contributed by atoms with E-state index in [0.717, 1.165) is 24.2 Å². The Kier molecular flexibility index (Phi) is 32.1. The molecular weight excluding hydrogens is 1310 g/mol. The lowest BCUT2D eigenvalue weighted by molar-refractivity contribution is -0.144. The molecule has 1 saturated carbocycles. The van der Waals surface area contributed by atoms with Gasteiger partial charge < -0.3 is 13.6 Å². The topological polar surface area (TPSA) is 61.8 Å². The highest BCUT2D eigenvalue weighted by atomic mass is 33.2. The van der Waals surface area contributed by atoms with E-state index in [4.69, 9.17) is 13.6 Å². The first-order valence-electron chi connectivity index (χ1n) is 16.5. The van der Waals surface area contributed by atoms with Crippen LogP contribution in [0.1, 0.15) is 47.5 Å². The highest BCUT2D eigenvalue weighted by Gasteiger charge is 2.67. The van der Waals surface area contributed by atoms with Gasteiger partial charge in [-0.25, -0.2) is 0 Å². The molecule has 0 amide bonds. The van der Waals surface area contributed by atoms with Crippen LogP contribution in [0.3, 0.4) is 0 Å². The largest absolute Gasteiger partial charge is 0.468 e. The van der Waals surface area contributed by atoms with Gasteiger partial charge in [-0.3, -0.25) is 4.79 Å². The van der Waals surface area contributed by atoms with Crippen LogP contribution >= 0.6 is 260 Å². The van der Waals surface area contributed by atoms with Gasteiger partial charge in [-0.2, -0.15) is 0 Å². The third kappa shape index (κ3) is 15.8. The number of hydrogen-bond donors (Lipinski definition) is 0. The second-order valence-corrected chi connectivity index (χ2v) is 124. The van der Waals surface area contributed by atoms with Gasteiger partial charge in [0.1, 0.15) is 14.7 Å². The van der Waals surface area contributed by atoms with E-state index in [1.54, 1.807) is 0 Å². The zero-order valence-corrected chi connectivity index (χ0v) is 65.2. The van der Waals surface area contributed by atoms with Gasteiger partial charge >= 0.3 is 7.49 Å². The maximum Gasteiger partial charge on any atom is 0.353 e. The van der Waals surface area contributed by atoms with E-state index < -0.39 is 111 Å². The van der Waals surface area contributed by atoms with E-state index in [2.05, 4.69) is 192 Å². The Balaban J connectivity index is 2.55. The predicted molar refractivity (Wildman–Crippen MR) is 358 cm³/mol. The maximum atomic E-state index is 16.5. The standard InChI is InChI=1S/C20H61O5P32/c1-9-6-7-13(24-45(48(28)29)49(30)31)20(5)14(9)17(44(22)27)11-8-12(23-47(55(42)51(34)35)57(53(38)39)54(40)41)10(2)15(19(11,3)4)16(18(20)21)25-46(50(32)33)56(43-26)52(36)37/h8-11,13-14,17,43H,6-7,26-42H2,1-5H3/q+1/t9?,10?,11?,13-,14-,17+,20+,46?,47?,55?,56?/m0/s1. The van der Waals surface area contributed by atoms with Crippen molar-refractivity contribution in [1.29, 1.82) is 0 Å². The molecule has 0 aromatic rings. The minimum atomic E-state index is -1.80. The lowest BCUT2D eigenvalue weighted by Gasteiger charge is -2.56. The van der Waals surface area contributed by atoms with E-state index in [0.29, 0.717) is 13.7 Å². The van der Waals surface area contributed by atoms with Gasteiger partial charge in [0.2, 0.25) is 5.78 Å². The van der Waals surface area contributed by atoms with Crippen molar-refractivity contribution in [3.8, 4) is 0 Å². The van der Waals surface area contributed by atoms with Gasteiger partial charge in [-0.05, 0) is 79.3 Å². The summed E-state index contributed by atoms with van der Waals surface area (Å²) in [6.45, 7) is 6.43. The minimum absolute atomic E-state index is 0.0560. The molecule has 330 valence electrons. The molecule has 2 bridgehead atoms. The molecule has 0 saturated heterocycles. The van der Waals surface area contributed by atoms with Crippen LogP contribution in [0.15, 0.2) is 23.2 Å². The van der Waals surface area contributed by atoms with Gasteiger partial charge in [0.05, 0.1) is 19.0 Å². The number of fused-ring (bicyclic) bond motifs is 3. The molecule has 26 unspecified atom stereocenters. The molecule has 0 spiro atoms. The average molecular weight is 1370 g/mol. The first kappa shape index (κ1) is 63.4. The van der Waals surface area contributed by atoms with E-state index in [1.807, 2.05) is 0 Å². The molecule has 57 heavy (non-hydrogen) atoms. The molecule has 5 nitrogen and oxygen atoms in total. The molecule has 3 rings (SSSR count). The average Bonchev–Trinajstić information content (AvgIpc) is 3.07. The summed E-state index contributed by atoms with van der Waals surface area (Å²) < 4.78 is 37.3. The fourth-order valence-electron chi connectivity index (χ4n) is 7.83. The SMILES string of the molecule is CC1C(OP(P(P)P(P)P)P(P(P)P)P(P)P)=CC2[C@@H]([P+](=O)P)[C@@H]3C(C)CC[C@H](OP(P(P)P)P(P)P)[C@@]3(C)C(=O)C(OP(P(P)P)P(PP)P(P)P)=C1C2(C)C. The van der Waals surface area contributed by atoms with Gasteiger partial charge in [-0.15, -0.1) is 116 Å². The molecule has 0 aromatic carbocycles. The van der Waals surface area contributed by atoms with Crippen LogP contribution in [-0.4, -0.2) is 17.5 Å². The first-order chi connectivity index (χ1) is 26.2. The summed E-state index contributed by atoms with van der Waals surface area (Å²) in [7, 11) is 48.3. The van der Waals surface area contributed by atoms with Crippen molar-refractivity contribution in [3.63, 3.8) is 0 Å². The quantitative estimate of drug-likeness (QED) is 0.128. The summed E-state index contributed by atoms with van der Waals surface area (Å²) in [5, 5.41) is 0. The Morgan fingerprint density at radius 3 is 1.68 bits per heavy atom. The third-order valence-corrected chi connectivity index (χ3v) is 153. The van der Waals surface area contributed by atoms with Crippen LogP contribution in [0, 0.1) is 34.5 Å². The lowest BCUT2D eigenvalue weighted by Crippen LogP contribution is -2.60. The van der Waals surface area contributed by atoms with Crippen molar-refractivity contribution in [2.75, 3.05) is 0 Å². The number of ketones is 1. The maximum absolute atomic E-state index is 16.5. The minimum Gasteiger partial charge on any atom is -0.468 e. The Morgan fingerprint density at radius 1 is 0.737 bits per heavy atom. The summed E-state index contributed by atoms with van der Waals surface area (Å²) in [5.41, 5.74) is -0.711. The summed E-state index contributed by atoms with van der Waals surface area (Å²) in [5.74, 6) is 1.20. The second-order valence-electron chi connectivity index (χ2n) is 14.0. The van der Waals surface area contributed by atoms with E-state index in [-0.39, 0.29) is 41.2 Å². The van der Waals surface area contributed by atoms with Gasteiger partial charge in [-0.1, -0.05) is 67.0 Å². The lowest BCUT2D eigenvalue weighted by atomic mass is 9.51. The fourth-order valence-corrected chi connectivity index (χ4v) is 204. The first-order valence-corrected chi connectivity index (χ1v) is 71.6. The van der Waals surface area contributed by atoms with Crippen LogP contribution in [0.25, 0.3) is 0 Å². The highest BCUT2D eigenvalue weighted by molar-refractivity contribution is 9.19. The molecule has 0 aromatic heterocycles. The summed E-state index contributed by atoms with van der Waals surface area (Å²) in [4.78, 5) is 16.5. The van der Waals surface area contributed by atoms with Crippen molar-refractivity contribution in [2.45, 2.75) is 59.2 Å². The van der Waals surface area contributed by atoms with Crippen molar-refractivity contribution in [1.82, 2.24) is 0 Å². The Morgan fingerprint density at radius 2 is 1.26 bits per heavy atom. The van der Waals surface area contributed by atoms with Gasteiger partial charge in [0, 0.05) is 51.1 Å². The monoisotopic (exact) mass is 1370 g/mol.